The lowest BCUT2D eigenvalue weighted by Gasteiger charge is -2.18. The largest absolute Gasteiger partial charge is 0.479 e. The smallest absolute Gasteiger partial charge is 0.330 e. The summed E-state index contributed by atoms with van der Waals surface area (Å²) in [7, 11) is 0. The minimum atomic E-state index is -1.38. The lowest BCUT2D eigenvalue weighted by molar-refractivity contribution is -0.139. The van der Waals surface area contributed by atoms with E-state index in [1.165, 1.54) is 18.3 Å². The second kappa shape index (κ2) is 7.23. The van der Waals surface area contributed by atoms with Gasteiger partial charge in [0.15, 0.2) is 6.04 Å². The van der Waals surface area contributed by atoms with Crippen molar-refractivity contribution in [3.8, 4) is 0 Å². The van der Waals surface area contributed by atoms with Crippen molar-refractivity contribution in [2.24, 2.45) is 0 Å². The van der Waals surface area contributed by atoms with Crippen LogP contribution in [0.1, 0.15) is 53.8 Å². The van der Waals surface area contributed by atoms with Crippen molar-refractivity contribution in [3.05, 3.63) is 52.6 Å². The van der Waals surface area contributed by atoms with Crippen molar-refractivity contribution >= 4 is 23.5 Å². The van der Waals surface area contributed by atoms with Crippen molar-refractivity contribution in [3.63, 3.8) is 0 Å². The topological polar surface area (TPSA) is 84.2 Å². The van der Waals surface area contributed by atoms with E-state index < -0.39 is 23.7 Å². The lowest BCUT2D eigenvalue weighted by atomic mass is 10.1. The van der Waals surface area contributed by atoms with Crippen LogP contribution >= 0.6 is 11.6 Å². The van der Waals surface area contributed by atoms with Crippen LogP contribution in [0.5, 0.6) is 0 Å². The molecule has 0 radical (unpaired) electrons. The molecule has 1 aliphatic rings. The predicted molar refractivity (Wildman–Crippen MR) is 89.0 cm³/mol. The van der Waals surface area contributed by atoms with E-state index in [0.29, 0.717) is 5.69 Å². The summed E-state index contributed by atoms with van der Waals surface area (Å²) in [5, 5.41) is 15.9. The van der Waals surface area contributed by atoms with Gasteiger partial charge in [0.25, 0.3) is 5.91 Å². The third-order valence-electron chi connectivity index (χ3n) is 4.37. The Hall–Kier alpha value is -2.41. The van der Waals surface area contributed by atoms with Gasteiger partial charge in [0, 0.05) is 6.20 Å². The summed E-state index contributed by atoms with van der Waals surface area (Å²) in [5.41, 5.74) is 0.405. The number of benzene rings is 1. The number of nitrogens with one attached hydrogen (secondary N) is 1. The third-order valence-corrected chi connectivity index (χ3v) is 4.68. The van der Waals surface area contributed by atoms with Crippen LogP contribution in [0.4, 0.5) is 4.39 Å². The van der Waals surface area contributed by atoms with E-state index in [4.69, 9.17) is 11.6 Å². The Balaban J connectivity index is 1.83. The maximum Gasteiger partial charge on any atom is 0.330 e. The van der Waals surface area contributed by atoms with Crippen LogP contribution in [0.3, 0.4) is 0 Å². The Morgan fingerprint density at radius 3 is 2.68 bits per heavy atom. The van der Waals surface area contributed by atoms with Gasteiger partial charge in [0.05, 0.1) is 11.1 Å². The van der Waals surface area contributed by atoms with Crippen molar-refractivity contribution in [1.82, 2.24) is 15.1 Å². The van der Waals surface area contributed by atoms with Gasteiger partial charge < -0.3 is 10.4 Å². The van der Waals surface area contributed by atoms with Gasteiger partial charge in [0.1, 0.15) is 11.5 Å². The number of hydrogen-bond donors (Lipinski definition) is 2. The van der Waals surface area contributed by atoms with Crippen LogP contribution in [-0.2, 0) is 4.79 Å². The number of rotatable bonds is 5. The maximum atomic E-state index is 13.6. The summed E-state index contributed by atoms with van der Waals surface area (Å²) in [6, 6.07) is 3.96. The highest BCUT2D eigenvalue weighted by atomic mass is 35.5. The van der Waals surface area contributed by atoms with Gasteiger partial charge in [-0.15, -0.1) is 0 Å². The second-order valence-electron chi connectivity index (χ2n) is 6.02. The number of aliphatic carboxylic acids is 1. The van der Waals surface area contributed by atoms with Crippen molar-refractivity contribution in [1.29, 1.82) is 0 Å². The third kappa shape index (κ3) is 3.66. The van der Waals surface area contributed by atoms with Gasteiger partial charge in [-0.2, -0.15) is 5.10 Å². The van der Waals surface area contributed by atoms with E-state index >= 15 is 0 Å². The van der Waals surface area contributed by atoms with E-state index in [2.05, 4.69) is 10.4 Å². The first-order chi connectivity index (χ1) is 12.0. The molecule has 132 valence electrons. The van der Waals surface area contributed by atoms with Crippen LogP contribution < -0.4 is 5.32 Å². The molecule has 1 unspecified atom stereocenters. The highest BCUT2D eigenvalue weighted by Gasteiger charge is 2.27. The standard InChI is InChI=1S/C17H17ClFN3O3/c18-12-6-5-10(9-13(12)19)15(17(24)25)21-16(23)14-7-8-20-22(14)11-3-1-2-4-11/h5-9,11,15H,1-4H2,(H,21,23)(H,24,25). The molecule has 0 bridgehead atoms. The summed E-state index contributed by atoms with van der Waals surface area (Å²) in [6.45, 7) is 0. The predicted octanol–water partition coefficient (Wildman–Crippen LogP) is 3.35. The molecular formula is C17H17ClFN3O3. The summed E-state index contributed by atoms with van der Waals surface area (Å²) >= 11 is 5.62. The molecule has 2 aromatic rings. The van der Waals surface area contributed by atoms with Crippen molar-refractivity contribution in [2.75, 3.05) is 0 Å². The molecule has 1 amide bonds. The lowest BCUT2D eigenvalue weighted by Crippen LogP contribution is -2.35. The van der Waals surface area contributed by atoms with Gasteiger partial charge in [0.2, 0.25) is 0 Å². The van der Waals surface area contributed by atoms with Crippen molar-refractivity contribution in [2.45, 2.75) is 37.8 Å². The first kappa shape index (κ1) is 17.4. The van der Waals surface area contributed by atoms with Crippen LogP contribution in [0.2, 0.25) is 5.02 Å². The molecule has 1 saturated carbocycles. The van der Waals surface area contributed by atoms with Gasteiger partial charge in [-0.3, -0.25) is 9.48 Å². The number of hydrogen-bond acceptors (Lipinski definition) is 3. The number of carbonyl (C=O) groups excluding carboxylic acids is 1. The number of halogens is 2. The molecule has 1 fully saturated rings. The van der Waals surface area contributed by atoms with Gasteiger partial charge in [-0.1, -0.05) is 30.5 Å². The number of nitrogens with zero attached hydrogens (tertiary/aromatic N) is 2. The SMILES string of the molecule is O=C(NC(C(=O)O)c1ccc(Cl)c(F)c1)c1ccnn1C1CCCC1. The number of carboxylic acids is 1. The summed E-state index contributed by atoms with van der Waals surface area (Å²) in [5.74, 6) is -2.59. The van der Waals surface area contributed by atoms with E-state index in [1.807, 2.05) is 0 Å². The van der Waals surface area contributed by atoms with E-state index in [0.717, 1.165) is 31.7 Å². The summed E-state index contributed by atoms with van der Waals surface area (Å²) < 4.78 is 15.3. The highest BCUT2D eigenvalue weighted by molar-refractivity contribution is 6.30. The fourth-order valence-corrected chi connectivity index (χ4v) is 3.24. The zero-order valence-corrected chi connectivity index (χ0v) is 14.0. The van der Waals surface area contributed by atoms with Crippen LogP contribution in [0.25, 0.3) is 0 Å². The average molecular weight is 366 g/mol. The van der Waals surface area contributed by atoms with Crippen LogP contribution in [0, 0.1) is 5.82 Å². The number of amides is 1. The summed E-state index contributed by atoms with van der Waals surface area (Å²) in [4.78, 5) is 24.1. The fourth-order valence-electron chi connectivity index (χ4n) is 3.12. The molecule has 1 heterocycles. The van der Waals surface area contributed by atoms with Crippen LogP contribution in [0.15, 0.2) is 30.5 Å². The Morgan fingerprint density at radius 2 is 2.04 bits per heavy atom. The molecule has 1 atom stereocenters. The molecule has 0 saturated heterocycles. The second-order valence-corrected chi connectivity index (χ2v) is 6.42. The average Bonchev–Trinajstić information content (AvgIpc) is 3.25. The van der Waals surface area contributed by atoms with E-state index in [1.54, 1.807) is 10.7 Å². The molecule has 25 heavy (non-hydrogen) atoms. The van der Waals surface area contributed by atoms with Gasteiger partial charge in [-0.05, 0) is 36.6 Å². The zero-order valence-electron chi connectivity index (χ0n) is 13.3. The maximum absolute atomic E-state index is 13.6. The Morgan fingerprint density at radius 1 is 1.32 bits per heavy atom. The van der Waals surface area contributed by atoms with Crippen molar-refractivity contribution < 1.29 is 19.1 Å². The molecule has 1 aromatic carbocycles. The van der Waals surface area contributed by atoms with Gasteiger partial charge >= 0.3 is 5.97 Å². The number of carbonyl (C=O) groups is 2. The highest BCUT2D eigenvalue weighted by Crippen LogP contribution is 2.30. The molecule has 8 heteroatoms. The fraction of sp³-hybridized carbons (Fsp3) is 0.353. The molecule has 3 rings (SSSR count). The Kier molecular flexibility index (Phi) is 5.03. The van der Waals surface area contributed by atoms with Crippen LogP contribution in [-0.4, -0.2) is 26.8 Å². The molecule has 1 aromatic heterocycles. The zero-order chi connectivity index (χ0) is 18.0. The minimum Gasteiger partial charge on any atom is -0.479 e. The minimum absolute atomic E-state index is 0.106. The number of aromatic nitrogens is 2. The Bertz CT molecular complexity index is 802. The van der Waals surface area contributed by atoms with E-state index in [9.17, 15) is 19.1 Å². The number of carboxylic acid groups (broad SMARTS) is 1. The summed E-state index contributed by atoms with van der Waals surface area (Å²) in [6.07, 6.45) is 5.55. The quantitative estimate of drug-likeness (QED) is 0.851. The molecule has 1 aliphatic carbocycles. The van der Waals surface area contributed by atoms with E-state index in [-0.39, 0.29) is 16.6 Å². The molecule has 2 N–H and O–H groups in total. The first-order valence-electron chi connectivity index (χ1n) is 7.99. The molecule has 0 spiro atoms. The molecule has 0 aliphatic heterocycles. The molecular weight excluding hydrogens is 349 g/mol. The molecule has 6 nitrogen and oxygen atoms in total. The van der Waals surface area contributed by atoms with Gasteiger partial charge in [-0.25, -0.2) is 9.18 Å². The first-order valence-corrected chi connectivity index (χ1v) is 8.37. The Labute approximate surface area is 148 Å². The normalized spacial score (nSPS) is 15.9. The monoisotopic (exact) mass is 365 g/mol.